The Morgan fingerprint density at radius 2 is 1.68 bits per heavy atom. The van der Waals surface area contributed by atoms with Gasteiger partial charge >= 0.3 is 0 Å². The molecule has 3 rings (SSSR count). The SMILES string of the molecule is CC(C)(CNCc1ccc2c(c1)OCCO2)c1ccccc1. The van der Waals surface area contributed by atoms with Crippen LogP contribution in [0, 0.1) is 0 Å². The van der Waals surface area contributed by atoms with Crippen molar-refractivity contribution in [3.05, 3.63) is 59.7 Å². The van der Waals surface area contributed by atoms with Crippen LogP contribution in [0.3, 0.4) is 0 Å². The van der Waals surface area contributed by atoms with Gasteiger partial charge < -0.3 is 14.8 Å². The van der Waals surface area contributed by atoms with Gasteiger partial charge in [-0.2, -0.15) is 0 Å². The summed E-state index contributed by atoms with van der Waals surface area (Å²) in [5.41, 5.74) is 2.67. The average molecular weight is 297 g/mol. The molecule has 3 heteroatoms. The molecule has 2 aromatic rings. The van der Waals surface area contributed by atoms with Crippen LogP contribution >= 0.6 is 0 Å². The van der Waals surface area contributed by atoms with E-state index < -0.39 is 0 Å². The zero-order valence-electron chi connectivity index (χ0n) is 13.3. The Kier molecular flexibility index (Phi) is 4.34. The molecular formula is C19H23NO2. The van der Waals surface area contributed by atoms with E-state index >= 15 is 0 Å². The number of rotatable bonds is 5. The summed E-state index contributed by atoms with van der Waals surface area (Å²) in [7, 11) is 0. The molecule has 1 aliphatic rings. The summed E-state index contributed by atoms with van der Waals surface area (Å²) in [6, 6.07) is 16.8. The largest absolute Gasteiger partial charge is 0.486 e. The summed E-state index contributed by atoms with van der Waals surface area (Å²) in [6.45, 7) is 7.54. The van der Waals surface area contributed by atoms with E-state index in [0.717, 1.165) is 24.6 Å². The van der Waals surface area contributed by atoms with Crippen molar-refractivity contribution in [3.63, 3.8) is 0 Å². The maximum absolute atomic E-state index is 5.63. The van der Waals surface area contributed by atoms with E-state index in [1.54, 1.807) is 0 Å². The first kappa shape index (κ1) is 14.9. The predicted octanol–water partition coefficient (Wildman–Crippen LogP) is 3.53. The quantitative estimate of drug-likeness (QED) is 0.916. The zero-order chi connectivity index (χ0) is 15.4. The minimum atomic E-state index is 0.106. The molecule has 0 spiro atoms. The second kappa shape index (κ2) is 6.41. The molecule has 3 nitrogen and oxygen atoms in total. The highest BCUT2D eigenvalue weighted by Crippen LogP contribution is 2.30. The van der Waals surface area contributed by atoms with Crippen molar-refractivity contribution in [3.8, 4) is 11.5 Å². The highest BCUT2D eigenvalue weighted by Gasteiger charge is 2.19. The van der Waals surface area contributed by atoms with E-state index in [2.05, 4.69) is 61.6 Å². The van der Waals surface area contributed by atoms with Gasteiger partial charge in [0.1, 0.15) is 13.2 Å². The molecule has 0 atom stereocenters. The number of nitrogens with one attached hydrogen (secondary N) is 1. The Bertz CT molecular complexity index is 623. The molecule has 0 unspecified atom stereocenters. The maximum Gasteiger partial charge on any atom is 0.161 e. The third-order valence-corrected chi connectivity index (χ3v) is 4.06. The fourth-order valence-electron chi connectivity index (χ4n) is 2.71. The fourth-order valence-corrected chi connectivity index (χ4v) is 2.71. The molecule has 0 radical (unpaired) electrons. The molecular weight excluding hydrogens is 274 g/mol. The molecule has 0 amide bonds. The predicted molar refractivity (Wildman–Crippen MR) is 88.6 cm³/mol. The van der Waals surface area contributed by atoms with Crippen LogP contribution in [0.2, 0.25) is 0 Å². The molecule has 2 aromatic carbocycles. The lowest BCUT2D eigenvalue weighted by atomic mass is 9.84. The van der Waals surface area contributed by atoms with Crippen LogP contribution in [0.15, 0.2) is 48.5 Å². The summed E-state index contributed by atoms with van der Waals surface area (Å²) < 4.78 is 11.2. The van der Waals surface area contributed by atoms with Crippen LogP contribution in [-0.4, -0.2) is 19.8 Å². The molecule has 0 fully saturated rings. The van der Waals surface area contributed by atoms with Crippen LogP contribution in [0.4, 0.5) is 0 Å². The first-order valence-electron chi connectivity index (χ1n) is 7.80. The summed E-state index contributed by atoms with van der Waals surface area (Å²) in [4.78, 5) is 0. The van der Waals surface area contributed by atoms with Gasteiger partial charge in [-0.05, 0) is 23.3 Å². The third-order valence-electron chi connectivity index (χ3n) is 4.06. The smallest absolute Gasteiger partial charge is 0.161 e. The minimum absolute atomic E-state index is 0.106. The van der Waals surface area contributed by atoms with E-state index in [4.69, 9.17) is 9.47 Å². The zero-order valence-corrected chi connectivity index (χ0v) is 13.3. The van der Waals surface area contributed by atoms with Crippen molar-refractivity contribution in [2.45, 2.75) is 25.8 Å². The second-order valence-electron chi connectivity index (χ2n) is 6.33. The fraction of sp³-hybridized carbons (Fsp3) is 0.368. The van der Waals surface area contributed by atoms with Crippen LogP contribution < -0.4 is 14.8 Å². The van der Waals surface area contributed by atoms with Crippen molar-refractivity contribution in [1.29, 1.82) is 0 Å². The molecule has 1 heterocycles. The van der Waals surface area contributed by atoms with Crippen LogP contribution in [0.5, 0.6) is 11.5 Å². The Labute approximate surface area is 132 Å². The number of hydrogen-bond acceptors (Lipinski definition) is 3. The lowest BCUT2D eigenvalue weighted by molar-refractivity contribution is 0.171. The Morgan fingerprint density at radius 3 is 2.45 bits per heavy atom. The van der Waals surface area contributed by atoms with Gasteiger partial charge in [0.05, 0.1) is 0 Å². The van der Waals surface area contributed by atoms with Crippen molar-refractivity contribution in [1.82, 2.24) is 5.32 Å². The molecule has 0 aliphatic carbocycles. The summed E-state index contributed by atoms with van der Waals surface area (Å²) in [6.07, 6.45) is 0. The highest BCUT2D eigenvalue weighted by atomic mass is 16.6. The number of fused-ring (bicyclic) bond motifs is 1. The van der Waals surface area contributed by atoms with E-state index in [9.17, 15) is 0 Å². The van der Waals surface area contributed by atoms with Crippen LogP contribution in [0.1, 0.15) is 25.0 Å². The Morgan fingerprint density at radius 1 is 0.955 bits per heavy atom. The highest BCUT2D eigenvalue weighted by molar-refractivity contribution is 5.43. The number of ether oxygens (including phenoxy) is 2. The van der Waals surface area contributed by atoms with Crippen LogP contribution in [0.25, 0.3) is 0 Å². The molecule has 22 heavy (non-hydrogen) atoms. The molecule has 0 saturated heterocycles. The van der Waals surface area contributed by atoms with E-state index in [1.165, 1.54) is 11.1 Å². The van der Waals surface area contributed by atoms with E-state index in [-0.39, 0.29) is 5.41 Å². The summed E-state index contributed by atoms with van der Waals surface area (Å²) >= 11 is 0. The molecule has 116 valence electrons. The van der Waals surface area contributed by atoms with Gasteiger partial charge in [-0.3, -0.25) is 0 Å². The van der Waals surface area contributed by atoms with Crippen LogP contribution in [-0.2, 0) is 12.0 Å². The van der Waals surface area contributed by atoms with Crippen molar-refractivity contribution < 1.29 is 9.47 Å². The van der Waals surface area contributed by atoms with Crippen molar-refractivity contribution in [2.24, 2.45) is 0 Å². The van der Waals surface area contributed by atoms with Crippen molar-refractivity contribution >= 4 is 0 Å². The van der Waals surface area contributed by atoms with Gasteiger partial charge in [0.2, 0.25) is 0 Å². The van der Waals surface area contributed by atoms with Gasteiger partial charge in [0.15, 0.2) is 11.5 Å². The van der Waals surface area contributed by atoms with Gasteiger partial charge in [-0.25, -0.2) is 0 Å². The lowest BCUT2D eigenvalue weighted by Crippen LogP contribution is -2.32. The normalized spacial score (nSPS) is 13.9. The first-order chi connectivity index (χ1) is 10.6. The van der Waals surface area contributed by atoms with Gasteiger partial charge in [-0.15, -0.1) is 0 Å². The van der Waals surface area contributed by atoms with Gasteiger partial charge in [0.25, 0.3) is 0 Å². The lowest BCUT2D eigenvalue weighted by Gasteiger charge is -2.26. The number of benzene rings is 2. The Balaban J connectivity index is 1.59. The molecule has 0 aromatic heterocycles. The minimum Gasteiger partial charge on any atom is -0.486 e. The molecule has 0 saturated carbocycles. The van der Waals surface area contributed by atoms with E-state index in [1.807, 2.05) is 6.07 Å². The average Bonchev–Trinajstić information content (AvgIpc) is 2.55. The molecule has 0 bridgehead atoms. The Hall–Kier alpha value is -2.00. The first-order valence-corrected chi connectivity index (χ1v) is 7.80. The summed E-state index contributed by atoms with van der Waals surface area (Å²) in [5, 5.41) is 3.55. The second-order valence-corrected chi connectivity index (χ2v) is 6.33. The molecule has 1 N–H and O–H groups in total. The van der Waals surface area contributed by atoms with Gasteiger partial charge in [0, 0.05) is 18.5 Å². The van der Waals surface area contributed by atoms with Crippen molar-refractivity contribution in [2.75, 3.05) is 19.8 Å². The standard InChI is InChI=1S/C19H23NO2/c1-19(2,16-6-4-3-5-7-16)14-20-13-15-8-9-17-18(12-15)22-11-10-21-17/h3-9,12,20H,10-11,13-14H2,1-2H3. The third kappa shape index (κ3) is 3.42. The monoisotopic (exact) mass is 297 g/mol. The van der Waals surface area contributed by atoms with E-state index in [0.29, 0.717) is 13.2 Å². The number of hydrogen-bond donors (Lipinski definition) is 1. The van der Waals surface area contributed by atoms with Gasteiger partial charge in [-0.1, -0.05) is 50.2 Å². The summed E-state index contributed by atoms with van der Waals surface area (Å²) in [5.74, 6) is 1.70. The topological polar surface area (TPSA) is 30.5 Å². The molecule has 1 aliphatic heterocycles. The maximum atomic E-state index is 5.63.